The van der Waals surface area contributed by atoms with Crippen molar-refractivity contribution in [2.45, 2.75) is 203 Å². The standard InChI is InChI=1S/C54H84N2O6/c1-46(2,3)62-45(59)56-47(4,5)33-55-54-26-21-35(50(10)27-28-50)42(54)36-19-20-40-51(11)24-23-41(49(8,9)39(51)22-25-53(40,13)52(36,12)29-30-54)61-44(58)38-31-37(48(38,6)7)43(57)60-32-34-17-15-14-16-18-34/h14-18,35-42,55H,19-33H2,1-13H3,(H,56,59)/t35?,36-,37+,38-,39+,40-,41+,42-,51+,52-,53-,54+/m1/s1. The van der Waals surface area contributed by atoms with Gasteiger partial charge >= 0.3 is 18.0 Å². The van der Waals surface area contributed by atoms with E-state index < -0.39 is 16.6 Å². The smallest absolute Gasteiger partial charge is 0.408 e. The van der Waals surface area contributed by atoms with Crippen LogP contribution in [-0.4, -0.2) is 47.4 Å². The lowest BCUT2D eigenvalue weighted by atomic mass is 9.32. The first kappa shape index (κ1) is 45.9. The van der Waals surface area contributed by atoms with E-state index in [-0.39, 0.29) is 69.8 Å². The molecule has 2 N–H and O–H groups in total. The molecule has 0 saturated heterocycles. The van der Waals surface area contributed by atoms with Crippen LogP contribution in [0.1, 0.15) is 179 Å². The largest absolute Gasteiger partial charge is 0.462 e. The number of fused-ring (bicyclic) bond motifs is 7. The highest BCUT2D eigenvalue weighted by molar-refractivity contribution is 5.82. The molecule has 1 aromatic rings. The number of esters is 2. The third-order valence-corrected chi connectivity index (χ3v) is 20.3. The maximum absolute atomic E-state index is 14.1. The molecule has 0 spiro atoms. The zero-order valence-corrected chi connectivity index (χ0v) is 41.1. The molecule has 8 nitrogen and oxygen atoms in total. The molecular weight excluding hydrogens is 773 g/mol. The van der Waals surface area contributed by atoms with Gasteiger partial charge in [-0.15, -0.1) is 0 Å². The van der Waals surface area contributed by atoms with Crippen LogP contribution in [-0.2, 0) is 30.4 Å². The lowest BCUT2D eigenvalue weighted by Gasteiger charge is -2.73. The number of alkyl carbamates (subject to hydrolysis) is 1. The average Bonchev–Trinajstić information content (AvgIpc) is 3.79. The van der Waals surface area contributed by atoms with E-state index in [1.54, 1.807) is 0 Å². The van der Waals surface area contributed by atoms with E-state index in [9.17, 15) is 14.4 Å². The molecule has 346 valence electrons. The maximum Gasteiger partial charge on any atom is 0.408 e. The van der Waals surface area contributed by atoms with Gasteiger partial charge in [0.2, 0.25) is 0 Å². The number of hydrogen-bond acceptors (Lipinski definition) is 7. The number of hydrogen-bond donors (Lipinski definition) is 2. The molecule has 1 unspecified atom stereocenters. The Hall–Kier alpha value is -2.61. The molecule has 8 heteroatoms. The van der Waals surface area contributed by atoms with E-state index >= 15 is 0 Å². The number of amides is 1. The van der Waals surface area contributed by atoms with Crippen molar-refractivity contribution in [2.24, 2.45) is 73.9 Å². The fraction of sp³-hybridized carbons (Fsp3) is 0.833. The van der Waals surface area contributed by atoms with E-state index in [1.807, 2.05) is 65.0 Å². The predicted molar refractivity (Wildman–Crippen MR) is 245 cm³/mol. The van der Waals surface area contributed by atoms with Crippen LogP contribution in [0.2, 0.25) is 0 Å². The lowest BCUT2D eigenvalue weighted by molar-refractivity contribution is -0.250. The highest BCUT2D eigenvalue weighted by Crippen LogP contribution is 2.78. The second-order valence-corrected chi connectivity index (χ2v) is 26.1. The summed E-state index contributed by atoms with van der Waals surface area (Å²) in [6.45, 7) is 30.6. The molecule has 8 rings (SSSR count). The van der Waals surface area contributed by atoms with Crippen LogP contribution in [0.15, 0.2) is 30.3 Å². The molecule has 1 aromatic carbocycles. The second-order valence-electron chi connectivity index (χ2n) is 26.1. The van der Waals surface area contributed by atoms with Crippen molar-refractivity contribution in [3.05, 3.63) is 35.9 Å². The van der Waals surface area contributed by atoms with Gasteiger partial charge in [-0.05, 0) is 180 Å². The van der Waals surface area contributed by atoms with Crippen LogP contribution in [0, 0.1) is 73.9 Å². The Morgan fingerprint density at radius 3 is 2.00 bits per heavy atom. The summed E-state index contributed by atoms with van der Waals surface area (Å²) in [7, 11) is 0. The molecule has 0 radical (unpaired) electrons. The van der Waals surface area contributed by atoms with Gasteiger partial charge in [0, 0.05) is 17.5 Å². The van der Waals surface area contributed by atoms with Crippen molar-refractivity contribution in [1.29, 1.82) is 0 Å². The zero-order chi connectivity index (χ0) is 45.1. The van der Waals surface area contributed by atoms with Crippen molar-refractivity contribution in [3.8, 4) is 0 Å². The minimum Gasteiger partial charge on any atom is -0.462 e. The molecule has 12 atom stereocenters. The van der Waals surface area contributed by atoms with Gasteiger partial charge < -0.3 is 24.8 Å². The average molecular weight is 857 g/mol. The summed E-state index contributed by atoms with van der Waals surface area (Å²) in [6.07, 6.45) is 14.7. The molecule has 7 saturated carbocycles. The predicted octanol–water partition coefficient (Wildman–Crippen LogP) is 11.8. The summed E-state index contributed by atoms with van der Waals surface area (Å²) in [4.78, 5) is 40.2. The Morgan fingerprint density at radius 1 is 0.677 bits per heavy atom. The number of nitrogens with one attached hydrogen (secondary N) is 2. The van der Waals surface area contributed by atoms with Crippen LogP contribution >= 0.6 is 0 Å². The van der Waals surface area contributed by atoms with Gasteiger partial charge in [-0.25, -0.2) is 4.79 Å². The van der Waals surface area contributed by atoms with Crippen molar-refractivity contribution in [2.75, 3.05) is 6.54 Å². The van der Waals surface area contributed by atoms with Crippen molar-refractivity contribution < 1.29 is 28.6 Å². The fourth-order valence-corrected chi connectivity index (χ4v) is 16.2. The minimum absolute atomic E-state index is 0.0963. The topological polar surface area (TPSA) is 103 Å². The molecule has 0 aromatic heterocycles. The first-order valence-electron chi connectivity index (χ1n) is 24.9. The van der Waals surface area contributed by atoms with Gasteiger partial charge in [0.25, 0.3) is 0 Å². The Bertz CT molecular complexity index is 1880. The lowest BCUT2D eigenvalue weighted by Crippen LogP contribution is -2.69. The first-order chi connectivity index (χ1) is 28.7. The number of benzene rings is 1. The van der Waals surface area contributed by atoms with Crippen molar-refractivity contribution >= 4 is 18.0 Å². The molecule has 0 bridgehead atoms. The molecule has 7 aliphatic carbocycles. The number of carbonyl (C=O) groups is 3. The summed E-state index contributed by atoms with van der Waals surface area (Å²) in [5, 5.41) is 7.46. The third-order valence-electron chi connectivity index (χ3n) is 20.3. The van der Waals surface area contributed by atoms with Gasteiger partial charge in [0.05, 0.1) is 17.4 Å². The Morgan fingerprint density at radius 2 is 1.35 bits per heavy atom. The van der Waals surface area contributed by atoms with Gasteiger partial charge in [-0.2, -0.15) is 0 Å². The third kappa shape index (κ3) is 7.56. The van der Waals surface area contributed by atoms with Crippen LogP contribution in [0.5, 0.6) is 0 Å². The van der Waals surface area contributed by atoms with Gasteiger partial charge in [0.1, 0.15) is 18.3 Å². The summed E-state index contributed by atoms with van der Waals surface area (Å²) in [5.74, 6) is 2.21. The molecule has 7 fully saturated rings. The molecule has 0 heterocycles. The fourth-order valence-electron chi connectivity index (χ4n) is 16.2. The molecular formula is C54H84N2O6. The minimum atomic E-state index is -0.531. The monoisotopic (exact) mass is 857 g/mol. The normalized spacial score (nSPS) is 41.2. The second kappa shape index (κ2) is 15.2. The van der Waals surface area contributed by atoms with Crippen LogP contribution in [0.3, 0.4) is 0 Å². The van der Waals surface area contributed by atoms with E-state index in [1.165, 1.54) is 64.2 Å². The van der Waals surface area contributed by atoms with Crippen molar-refractivity contribution in [1.82, 2.24) is 10.6 Å². The maximum atomic E-state index is 14.1. The summed E-state index contributed by atoms with van der Waals surface area (Å²) >= 11 is 0. The number of ether oxygens (including phenoxy) is 3. The Labute approximate surface area is 375 Å². The van der Waals surface area contributed by atoms with Crippen LogP contribution in [0.25, 0.3) is 0 Å². The van der Waals surface area contributed by atoms with E-state index in [4.69, 9.17) is 14.2 Å². The van der Waals surface area contributed by atoms with Crippen LogP contribution < -0.4 is 10.6 Å². The summed E-state index contributed by atoms with van der Waals surface area (Å²) in [5.41, 5.74) is 0.571. The highest BCUT2D eigenvalue weighted by atomic mass is 16.6. The zero-order valence-electron chi connectivity index (χ0n) is 41.1. The van der Waals surface area contributed by atoms with Gasteiger partial charge in [0.15, 0.2) is 0 Å². The summed E-state index contributed by atoms with van der Waals surface area (Å²) < 4.78 is 18.0. The molecule has 7 aliphatic rings. The molecule has 62 heavy (non-hydrogen) atoms. The highest BCUT2D eigenvalue weighted by Gasteiger charge is 2.72. The summed E-state index contributed by atoms with van der Waals surface area (Å²) in [6, 6.07) is 9.79. The first-order valence-corrected chi connectivity index (χ1v) is 24.9. The Balaban J connectivity index is 0.956. The number of rotatable bonds is 10. The number of carbonyl (C=O) groups excluding carboxylic acids is 3. The van der Waals surface area contributed by atoms with E-state index in [0.29, 0.717) is 35.5 Å². The Kier molecular flexibility index (Phi) is 11.3. The molecule has 0 aliphatic heterocycles. The quantitative estimate of drug-likeness (QED) is 0.178. The van der Waals surface area contributed by atoms with Gasteiger partial charge in [-0.1, -0.05) is 85.7 Å². The van der Waals surface area contributed by atoms with Crippen molar-refractivity contribution in [3.63, 3.8) is 0 Å². The SMILES string of the molecule is CC(C)(CN[C@]12CCC(C3(C)CC3)[C@@H]1[C@H]1CC[C@@H]3[C@@]4(C)CC[C@H](OC(=O)[C@H]5C[C@@H](C(=O)OCc6ccccc6)C5(C)C)C(C)(C)[C@@H]4CC[C@@]3(C)[C@]1(C)CC2)NC(=O)OC(C)(C)C. The van der Waals surface area contributed by atoms with Gasteiger partial charge in [-0.3, -0.25) is 9.59 Å². The van der Waals surface area contributed by atoms with Crippen LogP contribution in [0.4, 0.5) is 4.79 Å². The van der Waals surface area contributed by atoms with E-state index in [0.717, 1.165) is 30.9 Å². The molecule has 1 amide bonds. The van der Waals surface area contributed by atoms with E-state index in [2.05, 4.69) is 66.0 Å².